The van der Waals surface area contributed by atoms with Crippen molar-refractivity contribution >= 4 is 5.69 Å². The zero-order chi connectivity index (χ0) is 13.0. The van der Waals surface area contributed by atoms with Gasteiger partial charge in [-0.05, 0) is 29.8 Å². The van der Waals surface area contributed by atoms with Crippen LogP contribution in [0, 0.1) is 23.0 Å². The Morgan fingerprint density at radius 2 is 1.89 bits per heavy atom. The van der Waals surface area contributed by atoms with Gasteiger partial charge in [-0.15, -0.1) is 0 Å². The summed E-state index contributed by atoms with van der Waals surface area (Å²) in [6.07, 6.45) is 1.49. The van der Waals surface area contributed by atoms with Crippen LogP contribution in [-0.4, -0.2) is 4.98 Å². The topological polar surface area (TPSA) is 48.7 Å². The molecule has 0 amide bonds. The average molecular weight is 245 g/mol. The Morgan fingerprint density at radius 3 is 2.44 bits per heavy atom. The van der Waals surface area contributed by atoms with Crippen molar-refractivity contribution in [2.75, 3.05) is 5.32 Å². The van der Waals surface area contributed by atoms with Crippen molar-refractivity contribution in [2.24, 2.45) is 0 Å². The van der Waals surface area contributed by atoms with E-state index in [0.717, 1.165) is 6.07 Å². The van der Waals surface area contributed by atoms with Crippen LogP contribution >= 0.6 is 0 Å². The van der Waals surface area contributed by atoms with E-state index in [1.54, 1.807) is 12.1 Å². The van der Waals surface area contributed by atoms with Crippen LogP contribution in [0.25, 0.3) is 0 Å². The zero-order valence-electron chi connectivity index (χ0n) is 9.32. The van der Waals surface area contributed by atoms with Crippen LogP contribution in [0.5, 0.6) is 0 Å². The Balaban J connectivity index is 2.04. The average Bonchev–Trinajstić information content (AvgIpc) is 2.36. The Labute approximate surface area is 103 Å². The molecule has 2 aromatic rings. The lowest BCUT2D eigenvalue weighted by atomic mass is 10.2. The van der Waals surface area contributed by atoms with Crippen molar-refractivity contribution in [3.05, 3.63) is 59.4 Å². The fourth-order valence-corrected chi connectivity index (χ4v) is 1.48. The second-order valence-corrected chi connectivity index (χ2v) is 3.68. The number of hydrogen-bond acceptors (Lipinski definition) is 3. The fourth-order valence-electron chi connectivity index (χ4n) is 1.48. The highest BCUT2D eigenvalue weighted by Crippen LogP contribution is 2.11. The molecule has 0 fully saturated rings. The van der Waals surface area contributed by atoms with Crippen LogP contribution in [0.1, 0.15) is 11.3 Å². The molecular weight excluding hydrogens is 236 g/mol. The van der Waals surface area contributed by atoms with E-state index in [0.29, 0.717) is 16.9 Å². The first-order valence-corrected chi connectivity index (χ1v) is 5.22. The predicted octanol–water partition coefficient (Wildman–Crippen LogP) is 2.84. The number of nitriles is 1. The molecule has 0 atom stereocenters. The second kappa shape index (κ2) is 5.23. The molecule has 0 bridgehead atoms. The lowest BCUT2D eigenvalue weighted by Crippen LogP contribution is -2.01. The molecule has 0 saturated heterocycles. The van der Waals surface area contributed by atoms with Crippen molar-refractivity contribution < 1.29 is 8.78 Å². The summed E-state index contributed by atoms with van der Waals surface area (Å²) in [5, 5.41) is 11.5. The first-order valence-electron chi connectivity index (χ1n) is 5.22. The Kier molecular flexibility index (Phi) is 3.49. The van der Waals surface area contributed by atoms with E-state index in [-0.39, 0.29) is 6.54 Å². The number of aromatic nitrogens is 1. The largest absolute Gasteiger partial charge is 0.380 e. The molecule has 1 heterocycles. The summed E-state index contributed by atoms with van der Waals surface area (Å²) < 4.78 is 25.9. The predicted molar refractivity (Wildman–Crippen MR) is 62.6 cm³/mol. The summed E-state index contributed by atoms with van der Waals surface area (Å²) in [5.41, 5.74) is 1.49. The number of halogens is 2. The summed E-state index contributed by atoms with van der Waals surface area (Å²) in [6.45, 7) is 0.280. The summed E-state index contributed by atoms with van der Waals surface area (Å²) in [7, 11) is 0. The maximum Gasteiger partial charge on any atom is 0.140 e. The van der Waals surface area contributed by atoms with Gasteiger partial charge in [0.2, 0.25) is 0 Å². The number of hydrogen-bond donors (Lipinski definition) is 1. The van der Waals surface area contributed by atoms with Crippen LogP contribution in [-0.2, 0) is 6.54 Å². The summed E-state index contributed by atoms with van der Waals surface area (Å²) in [6, 6.07) is 8.49. The third kappa shape index (κ3) is 3.01. The van der Waals surface area contributed by atoms with Crippen molar-refractivity contribution in [3.8, 4) is 6.07 Å². The van der Waals surface area contributed by atoms with E-state index in [1.807, 2.05) is 6.07 Å². The number of nitrogens with one attached hydrogen (secondary N) is 1. The van der Waals surface area contributed by atoms with Crippen molar-refractivity contribution in [2.45, 2.75) is 6.54 Å². The Bertz CT molecular complexity index is 568. The highest BCUT2D eigenvalue weighted by atomic mass is 19.1. The highest BCUT2D eigenvalue weighted by Gasteiger charge is 2.01. The molecule has 18 heavy (non-hydrogen) atoms. The van der Waals surface area contributed by atoms with Gasteiger partial charge in [-0.2, -0.15) is 5.26 Å². The minimum absolute atomic E-state index is 0.280. The van der Waals surface area contributed by atoms with Gasteiger partial charge in [-0.3, -0.25) is 0 Å². The molecule has 1 aromatic heterocycles. The van der Waals surface area contributed by atoms with Crippen LogP contribution in [0.3, 0.4) is 0 Å². The fraction of sp³-hybridized carbons (Fsp3) is 0.0769. The van der Waals surface area contributed by atoms with Crippen molar-refractivity contribution in [1.29, 1.82) is 5.26 Å². The molecular formula is C13H9F2N3. The van der Waals surface area contributed by atoms with Gasteiger partial charge in [0, 0.05) is 12.6 Å². The van der Waals surface area contributed by atoms with E-state index in [9.17, 15) is 8.78 Å². The molecule has 3 nitrogen and oxygen atoms in total. The standard InChI is InChI=1S/C13H9F2N3/c14-10-3-9(4-11(15)5-10)7-17-13-2-1-12(6-16)18-8-13/h1-5,8,17H,7H2. The van der Waals surface area contributed by atoms with Crippen LogP contribution in [0.2, 0.25) is 0 Å². The zero-order valence-corrected chi connectivity index (χ0v) is 9.32. The second-order valence-electron chi connectivity index (χ2n) is 3.68. The summed E-state index contributed by atoms with van der Waals surface area (Å²) in [5.74, 6) is -1.21. The molecule has 0 saturated carbocycles. The van der Waals surface area contributed by atoms with E-state index in [4.69, 9.17) is 5.26 Å². The SMILES string of the molecule is N#Cc1ccc(NCc2cc(F)cc(F)c2)cn1. The molecule has 2 rings (SSSR count). The van der Waals surface area contributed by atoms with Gasteiger partial charge >= 0.3 is 0 Å². The Morgan fingerprint density at radius 1 is 1.17 bits per heavy atom. The molecule has 90 valence electrons. The van der Waals surface area contributed by atoms with E-state index >= 15 is 0 Å². The first-order chi connectivity index (χ1) is 8.67. The van der Waals surface area contributed by atoms with E-state index < -0.39 is 11.6 Å². The number of rotatable bonds is 3. The lowest BCUT2D eigenvalue weighted by molar-refractivity contribution is 0.580. The van der Waals surface area contributed by atoms with Gasteiger partial charge in [0.05, 0.1) is 11.9 Å². The van der Waals surface area contributed by atoms with E-state index in [2.05, 4.69) is 10.3 Å². The highest BCUT2D eigenvalue weighted by molar-refractivity contribution is 5.43. The van der Waals surface area contributed by atoms with Gasteiger partial charge in [0.1, 0.15) is 23.4 Å². The molecule has 5 heteroatoms. The van der Waals surface area contributed by atoms with Gasteiger partial charge in [0.15, 0.2) is 0 Å². The maximum absolute atomic E-state index is 12.9. The normalized spacial score (nSPS) is 9.83. The molecule has 0 radical (unpaired) electrons. The molecule has 0 aliphatic heterocycles. The number of nitrogens with zero attached hydrogens (tertiary/aromatic N) is 2. The Hall–Kier alpha value is -2.48. The van der Waals surface area contributed by atoms with Gasteiger partial charge in [0.25, 0.3) is 0 Å². The van der Waals surface area contributed by atoms with Crippen LogP contribution in [0.15, 0.2) is 36.5 Å². The third-order valence-corrected chi connectivity index (χ3v) is 2.30. The lowest BCUT2D eigenvalue weighted by Gasteiger charge is -2.06. The monoisotopic (exact) mass is 245 g/mol. The van der Waals surface area contributed by atoms with Gasteiger partial charge in [-0.25, -0.2) is 13.8 Å². The molecule has 0 unspecified atom stereocenters. The summed E-state index contributed by atoms with van der Waals surface area (Å²) in [4.78, 5) is 3.87. The minimum atomic E-state index is -0.607. The molecule has 0 aliphatic rings. The van der Waals surface area contributed by atoms with Crippen LogP contribution in [0.4, 0.5) is 14.5 Å². The number of pyridine rings is 1. The van der Waals surface area contributed by atoms with Crippen molar-refractivity contribution in [1.82, 2.24) is 4.98 Å². The third-order valence-electron chi connectivity index (χ3n) is 2.30. The summed E-state index contributed by atoms with van der Waals surface area (Å²) >= 11 is 0. The van der Waals surface area contributed by atoms with Gasteiger partial charge < -0.3 is 5.32 Å². The first kappa shape index (κ1) is 12.0. The van der Waals surface area contributed by atoms with Crippen molar-refractivity contribution in [3.63, 3.8) is 0 Å². The maximum atomic E-state index is 12.9. The quantitative estimate of drug-likeness (QED) is 0.904. The van der Waals surface area contributed by atoms with E-state index in [1.165, 1.54) is 18.3 Å². The van der Waals surface area contributed by atoms with Gasteiger partial charge in [-0.1, -0.05) is 0 Å². The number of anilines is 1. The molecule has 1 aromatic carbocycles. The van der Waals surface area contributed by atoms with Crippen LogP contribution < -0.4 is 5.32 Å². The smallest absolute Gasteiger partial charge is 0.140 e. The number of benzene rings is 1. The molecule has 1 N–H and O–H groups in total. The minimum Gasteiger partial charge on any atom is -0.380 e. The molecule has 0 aliphatic carbocycles. The molecule has 0 spiro atoms.